The van der Waals surface area contributed by atoms with Crippen LogP contribution in [0.3, 0.4) is 0 Å². The molecular weight excluding hydrogens is 316 g/mol. The molecule has 0 rings (SSSR count). The average molecular weight is 359 g/mol. The predicted molar refractivity (Wildman–Crippen MR) is 106 cm³/mol. The van der Waals surface area contributed by atoms with E-state index in [9.17, 15) is 4.79 Å². The second-order valence-corrected chi connectivity index (χ2v) is 7.23. The van der Waals surface area contributed by atoms with Gasteiger partial charge in [0, 0.05) is 24.5 Å². The molecule has 0 saturated carbocycles. The first-order chi connectivity index (χ1) is 11.6. The van der Waals surface area contributed by atoms with Crippen molar-refractivity contribution in [1.82, 2.24) is 10.6 Å². The van der Waals surface area contributed by atoms with Gasteiger partial charge in [0.1, 0.15) is 12.5 Å². The van der Waals surface area contributed by atoms with Gasteiger partial charge in [-0.05, 0) is 18.8 Å². The molecular formula is C18H42N6O+2. The highest BCUT2D eigenvalue weighted by molar-refractivity contribution is 5.69. The van der Waals surface area contributed by atoms with E-state index in [1.807, 2.05) is 13.8 Å². The lowest BCUT2D eigenvalue weighted by Crippen LogP contribution is -2.78. The van der Waals surface area contributed by atoms with Crippen molar-refractivity contribution >= 4 is 18.5 Å². The molecule has 2 unspecified atom stereocenters. The molecule has 9 N–H and O–H groups in total. The van der Waals surface area contributed by atoms with Crippen LogP contribution in [0, 0.1) is 5.92 Å². The topological polar surface area (TPSA) is 133 Å². The lowest BCUT2D eigenvalue weighted by molar-refractivity contribution is -0.459. The number of carbonyl (C=O) groups is 1. The van der Waals surface area contributed by atoms with E-state index in [0.717, 1.165) is 25.5 Å². The second-order valence-electron chi connectivity index (χ2n) is 7.23. The molecule has 0 saturated heterocycles. The quantitative estimate of drug-likeness (QED) is 0.103. The maximum absolute atomic E-state index is 10.6. The molecule has 0 aromatic heterocycles. The molecule has 7 heteroatoms. The minimum Gasteiger partial charge on any atom is -0.311 e. The van der Waals surface area contributed by atoms with E-state index in [0.29, 0.717) is 30.6 Å². The van der Waals surface area contributed by atoms with Gasteiger partial charge in [0.2, 0.25) is 0 Å². The van der Waals surface area contributed by atoms with Gasteiger partial charge in [0.05, 0.1) is 12.6 Å². The Balaban J connectivity index is 0. The fraction of sp³-hybridized carbons (Fsp3) is 0.833. The van der Waals surface area contributed by atoms with Gasteiger partial charge >= 0.3 is 5.96 Å². The SMILES string of the molecule is CC(C)NC(C=O)CCC[NH+]=C(N)N.CC(C)NC(CC=[NH2+])C(C)C. The van der Waals surface area contributed by atoms with Gasteiger partial charge in [-0.1, -0.05) is 41.5 Å². The summed E-state index contributed by atoms with van der Waals surface area (Å²) in [5.74, 6) is 0.877. The van der Waals surface area contributed by atoms with Crippen LogP contribution in [-0.2, 0) is 4.79 Å². The Hall–Kier alpha value is -1.47. The van der Waals surface area contributed by atoms with Gasteiger partial charge in [-0.25, -0.2) is 0 Å². The van der Waals surface area contributed by atoms with Crippen LogP contribution in [-0.4, -0.2) is 49.2 Å². The molecule has 0 spiro atoms. The Morgan fingerprint density at radius 1 is 1.08 bits per heavy atom. The van der Waals surface area contributed by atoms with Crippen LogP contribution in [0.25, 0.3) is 0 Å². The van der Waals surface area contributed by atoms with E-state index in [1.165, 1.54) is 0 Å². The molecule has 0 aromatic carbocycles. The summed E-state index contributed by atoms with van der Waals surface area (Å²) < 4.78 is 0. The first-order valence-corrected chi connectivity index (χ1v) is 9.26. The van der Waals surface area contributed by atoms with Gasteiger partial charge in [0.15, 0.2) is 0 Å². The largest absolute Gasteiger partial charge is 0.338 e. The summed E-state index contributed by atoms with van der Waals surface area (Å²) >= 11 is 0. The first kappa shape index (κ1) is 25.8. The van der Waals surface area contributed by atoms with E-state index in [-0.39, 0.29) is 12.0 Å². The van der Waals surface area contributed by atoms with Crippen LogP contribution >= 0.6 is 0 Å². The molecule has 148 valence electrons. The predicted octanol–water partition coefficient (Wildman–Crippen LogP) is -2.08. The maximum atomic E-state index is 10.6. The normalized spacial score (nSPS) is 13.2. The van der Waals surface area contributed by atoms with Gasteiger partial charge in [-0.3, -0.25) is 21.9 Å². The number of nitrogens with one attached hydrogen (secondary N) is 3. The number of carbonyl (C=O) groups excluding carboxylic acids is 1. The van der Waals surface area contributed by atoms with E-state index in [2.05, 4.69) is 43.3 Å². The summed E-state index contributed by atoms with van der Waals surface area (Å²) in [5.41, 5.74) is 10.4. The van der Waals surface area contributed by atoms with Crippen LogP contribution in [0.15, 0.2) is 0 Å². The monoisotopic (exact) mass is 358 g/mol. The summed E-state index contributed by atoms with van der Waals surface area (Å²) in [5, 5.41) is 12.0. The van der Waals surface area contributed by atoms with Crippen molar-refractivity contribution in [2.75, 3.05) is 6.54 Å². The summed E-state index contributed by atoms with van der Waals surface area (Å²) in [6, 6.07) is 1.32. The Morgan fingerprint density at radius 2 is 1.64 bits per heavy atom. The van der Waals surface area contributed by atoms with E-state index in [1.54, 1.807) is 6.21 Å². The highest BCUT2D eigenvalue weighted by Gasteiger charge is 2.13. The summed E-state index contributed by atoms with van der Waals surface area (Å²) in [7, 11) is 0. The van der Waals surface area contributed by atoms with Crippen molar-refractivity contribution in [2.45, 2.75) is 85.0 Å². The molecule has 0 amide bonds. The Labute approximate surface area is 153 Å². The molecule has 0 aliphatic rings. The summed E-state index contributed by atoms with van der Waals surface area (Å²) in [4.78, 5) is 13.4. The van der Waals surface area contributed by atoms with Crippen LogP contribution in [0.2, 0.25) is 0 Å². The number of rotatable bonds is 12. The summed E-state index contributed by atoms with van der Waals surface area (Å²) in [6.45, 7) is 13.5. The Morgan fingerprint density at radius 3 is 2.00 bits per heavy atom. The highest BCUT2D eigenvalue weighted by Crippen LogP contribution is 2.04. The smallest absolute Gasteiger partial charge is 0.311 e. The average Bonchev–Trinajstić information content (AvgIpc) is 2.49. The van der Waals surface area contributed by atoms with Gasteiger partial charge in [-0.15, -0.1) is 0 Å². The molecule has 7 nitrogen and oxygen atoms in total. The summed E-state index contributed by atoms with van der Waals surface area (Å²) in [6.07, 6.45) is 5.29. The number of hydrogen-bond donors (Lipinski definition) is 6. The van der Waals surface area contributed by atoms with Crippen molar-refractivity contribution in [3.8, 4) is 0 Å². The molecule has 0 aliphatic heterocycles. The third-order valence-corrected chi connectivity index (χ3v) is 3.47. The van der Waals surface area contributed by atoms with Crippen LogP contribution in [0.1, 0.15) is 60.8 Å². The Kier molecular flexibility index (Phi) is 16.5. The molecule has 0 radical (unpaired) electrons. The number of hydrogen-bond acceptors (Lipinski definition) is 3. The molecule has 0 aliphatic carbocycles. The number of nitrogens with two attached hydrogens (primary N) is 3. The second kappa shape index (κ2) is 16.0. The zero-order chi connectivity index (χ0) is 19.8. The number of guanidine groups is 1. The van der Waals surface area contributed by atoms with Crippen molar-refractivity contribution in [3.63, 3.8) is 0 Å². The van der Waals surface area contributed by atoms with Crippen molar-refractivity contribution in [3.05, 3.63) is 0 Å². The minimum absolute atomic E-state index is 0.0733. The molecule has 2 atom stereocenters. The standard InChI is InChI=1S/C9H20N4O.C9H20N2/c1-7(2)13-8(6-14)4-3-5-12-9(10)11;1-7(2)9(5-6-10)11-8(3)4/h6-8,13H,3-5H2,1-2H3,(H4,10,11,12);6-11H,5H2,1-4H3/p+2. The number of aldehydes is 1. The highest BCUT2D eigenvalue weighted by atomic mass is 16.1. The first-order valence-electron chi connectivity index (χ1n) is 9.26. The fourth-order valence-electron chi connectivity index (χ4n) is 2.28. The van der Waals surface area contributed by atoms with Crippen LogP contribution < -0.4 is 32.5 Å². The van der Waals surface area contributed by atoms with Crippen LogP contribution in [0.5, 0.6) is 0 Å². The fourth-order valence-corrected chi connectivity index (χ4v) is 2.28. The molecule has 0 fully saturated rings. The molecule has 25 heavy (non-hydrogen) atoms. The lowest BCUT2D eigenvalue weighted by Gasteiger charge is -2.22. The minimum atomic E-state index is -0.0733. The van der Waals surface area contributed by atoms with Gasteiger partial charge in [0.25, 0.3) is 0 Å². The van der Waals surface area contributed by atoms with Crippen molar-refractivity contribution in [2.24, 2.45) is 17.4 Å². The van der Waals surface area contributed by atoms with Gasteiger partial charge in [-0.2, -0.15) is 0 Å². The van der Waals surface area contributed by atoms with Crippen molar-refractivity contribution < 1.29 is 15.2 Å². The molecule has 0 bridgehead atoms. The zero-order valence-electron chi connectivity index (χ0n) is 17.0. The van der Waals surface area contributed by atoms with Crippen molar-refractivity contribution in [1.29, 1.82) is 0 Å². The molecule has 0 heterocycles. The van der Waals surface area contributed by atoms with Crippen LogP contribution in [0.4, 0.5) is 0 Å². The molecule has 0 aromatic rings. The maximum Gasteiger partial charge on any atom is 0.338 e. The van der Waals surface area contributed by atoms with E-state index < -0.39 is 0 Å². The Bertz CT molecular complexity index is 365. The van der Waals surface area contributed by atoms with Gasteiger partial charge < -0.3 is 15.4 Å². The lowest BCUT2D eigenvalue weighted by atomic mass is 10.0. The zero-order valence-corrected chi connectivity index (χ0v) is 17.0. The van der Waals surface area contributed by atoms with E-state index >= 15 is 0 Å². The van der Waals surface area contributed by atoms with E-state index in [4.69, 9.17) is 16.9 Å². The third kappa shape index (κ3) is 18.7. The third-order valence-electron chi connectivity index (χ3n) is 3.47.